The second-order valence-corrected chi connectivity index (χ2v) is 4.89. The van der Waals surface area contributed by atoms with Crippen LogP contribution in [-0.4, -0.2) is 35.0 Å². The van der Waals surface area contributed by atoms with E-state index in [4.69, 9.17) is 15.2 Å². The number of anilines is 1. The first-order valence-electron chi connectivity index (χ1n) is 5.16. The number of rotatable bonds is 3. The molecule has 16 heavy (non-hydrogen) atoms. The minimum Gasteiger partial charge on any atom is -0.481 e. The summed E-state index contributed by atoms with van der Waals surface area (Å²) in [5, 5.41) is 1.27. The van der Waals surface area contributed by atoms with Gasteiger partial charge in [0.05, 0.1) is 13.2 Å². The highest BCUT2D eigenvalue weighted by Crippen LogP contribution is 2.32. The van der Waals surface area contributed by atoms with E-state index in [-0.39, 0.29) is 12.1 Å². The third kappa shape index (κ3) is 2.56. The van der Waals surface area contributed by atoms with E-state index in [1.165, 1.54) is 0 Å². The Morgan fingerprint density at radius 1 is 1.56 bits per heavy atom. The lowest BCUT2D eigenvalue weighted by atomic mass is 10.3. The van der Waals surface area contributed by atoms with Crippen molar-refractivity contribution in [3.05, 3.63) is 6.07 Å². The van der Waals surface area contributed by atoms with Crippen LogP contribution in [0.25, 0.3) is 0 Å². The van der Waals surface area contributed by atoms with Gasteiger partial charge in [-0.05, 0) is 13.3 Å². The normalized spacial score (nSPS) is 24.6. The summed E-state index contributed by atoms with van der Waals surface area (Å²) in [6.07, 6.45) is 1.30. The monoisotopic (exact) mass is 241 g/mol. The van der Waals surface area contributed by atoms with E-state index >= 15 is 0 Å². The molecule has 2 unspecified atom stereocenters. The minimum atomic E-state index is 0.244. The maximum Gasteiger partial charge on any atom is 0.224 e. The first kappa shape index (κ1) is 11.5. The lowest BCUT2D eigenvalue weighted by molar-refractivity contribution is 0.127. The summed E-state index contributed by atoms with van der Waals surface area (Å²) in [6.45, 7) is 2.89. The quantitative estimate of drug-likeness (QED) is 0.805. The number of hydrogen-bond acceptors (Lipinski definition) is 6. The van der Waals surface area contributed by atoms with E-state index in [9.17, 15) is 0 Å². The van der Waals surface area contributed by atoms with Gasteiger partial charge in [0.25, 0.3) is 0 Å². The average Bonchev–Trinajstić information content (AvgIpc) is 2.63. The van der Waals surface area contributed by atoms with E-state index in [0.717, 1.165) is 18.1 Å². The lowest BCUT2D eigenvalue weighted by Gasteiger charge is -2.13. The standard InChI is InChI=1S/C10H15N3O2S/c1-6-7(3-4-15-6)16-9-5-8(14-2)12-10(11)13-9/h5-7H,3-4H2,1-2H3,(H2,11,12,13). The largest absolute Gasteiger partial charge is 0.481 e. The van der Waals surface area contributed by atoms with Crippen LogP contribution in [0.15, 0.2) is 11.1 Å². The maximum absolute atomic E-state index is 5.60. The van der Waals surface area contributed by atoms with Crippen molar-refractivity contribution in [1.29, 1.82) is 0 Å². The molecule has 1 fully saturated rings. The minimum absolute atomic E-state index is 0.244. The van der Waals surface area contributed by atoms with Crippen molar-refractivity contribution in [2.45, 2.75) is 29.7 Å². The summed E-state index contributed by atoms with van der Waals surface area (Å²) in [5.74, 6) is 0.745. The molecule has 1 aliphatic rings. The highest BCUT2D eigenvalue weighted by molar-refractivity contribution is 7.99. The average molecular weight is 241 g/mol. The van der Waals surface area contributed by atoms with E-state index in [0.29, 0.717) is 11.1 Å². The molecule has 2 heterocycles. The van der Waals surface area contributed by atoms with Gasteiger partial charge in [0.1, 0.15) is 5.03 Å². The fourth-order valence-corrected chi connectivity index (χ4v) is 2.72. The fraction of sp³-hybridized carbons (Fsp3) is 0.600. The number of nitrogen functional groups attached to an aromatic ring is 1. The molecule has 0 radical (unpaired) electrons. The molecule has 5 nitrogen and oxygen atoms in total. The Morgan fingerprint density at radius 3 is 3.00 bits per heavy atom. The summed E-state index contributed by atoms with van der Waals surface area (Å²) in [7, 11) is 1.57. The molecule has 1 aromatic heterocycles. The van der Waals surface area contributed by atoms with Gasteiger partial charge in [-0.1, -0.05) is 11.8 Å². The molecule has 1 aliphatic heterocycles. The second kappa shape index (κ2) is 4.88. The van der Waals surface area contributed by atoms with Crippen molar-refractivity contribution in [1.82, 2.24) is 9.97 Å². The smallest absolute Gasteiger partial charge is 0.224 e. The highest BCUT2D eigenvalue weighted by Gasteiger charge is 2.25. The van der Waals surface area contributed by atoms with Crippen LogP contribution >= 0.6 is 11.8 Å². The van der Waals surface area contributed by atoms with Gasteiger partial charge in [0, 0.05) is 17.9 Å². The van der Waals surface area contributed by atoms with E-state index in [2.05, 4.69) is 16.9 Å². The van der Waals surface area contributed by atoms with E-state index in [1.807, 2.05) is 0 Å². The Morgan fingerprint density at radius 2 is 2.38 bits per heavy atom. The fourth-order valence-electron chi connectivity index (χ4n) is 1.61. The van der Waals surface area contributed by atoms with Crippen LogP contribution in [0, 0.1) is 0 Å². The molecule has 0 spiro atoms. The molecule has 6 heteroatoms. The predicted molar refractivity (Wildman–Crippen MR) is 62.7 cm³/mol. The van der Waals surface area contributed by atoms with Gasteiger partial charge in [-0.3, -0.25) is 0 Å². The van der Waals surface area contributed by atoms with Gasteiger partial charge < -0.3 is 15.2 Å². The topological polar surface area (TPSA) is 70.3 Å². The molecule has 1 saturated heterocycles. The first-order chi connectivity index (χ1) is 7.69. The van der Waals surface area contributed by atoms with Gasteiger partial charge in [-0.2, -0.15) is 4.98 Å². The Kier molecular flexibility index (Phi) is 3.50. The molecular formula is C10H15N3O2S. The van der Waals surface area contributed by atoms with Crippen LogP contribution in [0.4, 0.5) is 5.95 Å². The van der Waals surface area contributed by atoms with Crippen LogP contribution in [0.2, 0.25) is 0 Å². The van der Waals surface area contributed by atoms with Crippen LogP contribution in [-0.2, 0) is 4.74 Å². The van der Waals surface area contributed by atoms with Crippen molar-refractivity contribution in [2.24, 2.45) is 0 Å². The van der Waals surface area contributed by atoms with Crippen LogP contribution in [0.1, 0.15) is 13.3 Å². The third-order valence-electron chi connectivity index (χ3n) is 2.48. The predicted octanol–water partition coefficient (Wildman–Crippen LogP) is 1.34. The van der Waals surface area contributed by atoms with Gasteiger partial charge in [-0.15, -0.1) is 0 Å². The molecule has 0 saturated carbocycles. The molecule has 0 bridgehead atoms. The molecule has 0 aliphatic carbocycles. The Hall–Kier alpha value is -1.01. The zero-order valence-electron chi connectivity index (χ0n) is 9.34. The summed E-state index contributed by atoms with van der Waals surface area (Å²) < 4.78 is 10.5. The number of ether oxygens (including phenoxy) is 2. The number of thioether (sulfide) groups is 1. The lowest BCUT2D eigenvalue weighted by Crippen LogP contribution is -2.13. The Balaban J connectivity index is 2.11. The van der Waals surface area contributed by atoms with Crippen LogP contribution in [0.5, 0.6) is 5.88 Å². The molecular weight excluding hydrogens is 226 g/mol. The number of aromatic nitrogens is 2. The molecule has 2 rings (SSSR count). The summed E-state index contributed by atoms with van der Waals surface area (Å²) in [5.41, 5.74) is 5.60. The molecule has 2 atom stereocenters. The summed E-state index contributed by atoms with van der Waals surface area (Å²) >= 11 is 1.67. The number of methoxy groups -OCH3 is 1. The zero-order valence-corrected chi connectivity index (χ0v) is 10.2. The zero-order chi connectivity index (χ0) is 11.5. The third-order valence-corrected chi connectivity index (χ3v) is 3.86. The van der Waals surface area contributed by atoms with E-state index < -0.39 is 0 Å². The van der Waals surface area contributed by atoms with Crippen molar-refractivity contribution in [3.63, 3.8) is 0 Å². The maximum atomic E-state index is 5.60. The van der Waals surface area contributed by atoms with E-state index in [1.54, 1.807) is 24.9 Å². The second-order valence-electron chi connectivity index (χ2n) is 3.63. The van der Waals surface area contributed by atoms with Crippen LogP contribution in [0.3, 0.4) is 0 Å². The van der Waals surface area contributed by atoms with Crippen molar-refractivity contribution >= 4 is 17.7 Å². The molecule has 0 amide bonds. The number of nitrogens with two attached hydrogens (primary N) is 1. The van der Waals surface area contributed by atoms with Crippen molar-refractivity contribution < 1.29 is 9.47 Å². The summed E-state index contributed by atoms with van der Waals surface area (Å²) in [6, 6.07) is 1.80. The Bertz CT molecular complexity index is 375. The molecule has 1 aromatic rings. The molecule has 2 N–H and O–H groups in total. The van der Waals surface area contributed by atoms with Crippen molar-refractivity contribution in [3.8, 4) is 5.88 Å². The molecule has 88 valence electrons. The van der Waals surface area contributed by atoms with Crippen molar-refractivity contribution in [2.75, 3.05) is 19.5 Å². The van der Waals surface area contributed by atoms with Gasteiger partial charge in [0.2, 0.25) is 11.8 Å². The first-order valence-corrected chi connectivity index (χ1v) is 6.04. The number of nitrogens with zero attached hydrogens (tertiary/aromatic N) is 2. The Labute approximate surface area is 98.7 Å². The van der Waals surface area contributed by atoms with Gasteiger partial charge in [-0.25, -0.2) is 4.98 Å². The SMILES string of the molecule is COc1cc(SC2CCOC2C)nc(N)n1. The number of hydrogen-bond donors (Lipinski definition) is 1. The van der Waals surface area contributed by atoms with Crippen LogP contribution < -0.4 is 10.5 Å². The van der Waals surface area contributed by atoms with Gasteiger partial charge in [0.15, 0.2) is 0 Å². The summed E-state index contributed by atoms with van der Waals surface area (Å²) in [4.78, 5) is 8.12. The molecule has 0 aromatic carbocycles. The van der Waals surface area contributed by atoms with Gasteiger partial charge >= 0.3 is 0 Å². The highest BCUT2D eigenvalue weighted by atomic mass is 32.2.